The molecule has 2 aromatic rings. The molecule has 1 aromatic carbocycles. The van der Waals surface area contributed by atoms with E-state index in [1.807, 2.05) is 47.5 Å². The van der Waals surface area contributed by atoms with E-state index in [1.165, 1.54) is 5.56 Å². The Balaban J connectivity index is 1.69. The van der Waals surface area contributed by atoms with E-state index >= 15 is 0 Å². The lowest BCUT2D eigenvalue weighted by Gasteiger charge is -2.24. The number of hydrogen-bond donors (Lipinski definition) is 1. The van der Waals surface area contributed by atoms with Crippen molar-refractivity contribution in [2.75, 3.05) is 4.90 Å². The highest BCUT2D eigenvalue weighted by Gasteiger charge is 2.34. The molecular weight excluding hydrogens is 264 g/mol. The van der Waals surface area contributed by atoms with E-state index in [4.69, 9.17) is 4.42 Å². The van der Waals surface area contributed by atoms with Crippen molar-refractivity contribution in [1.29, 1.82) is 0 Å². The fraction of sp³-hybridized carbons (Fsp3) is 0.353. The number of nitrogens with zero attached hydrogens (tertiary/aromatic N) is 1. The number of quaternary nitrogens is 1. The molecule has 0 unspecified atom stereocenters. The first-order chi connectivity index (χ1) is 10.2. The molecular formula is C17H21N2O2+. The lowest BCUT2D eigenvalue weighted by molar-refractivity contribution is -0.690. The van der Waals surface area contributed by atoms with E-state index in [0.717, 1.165) is 17.9 Å². The number of amides is 1. The van der Waals surface area contributed by atoms with E-state index in [1.54, 1.807) is 6.26 Å². The maximum atomic E-state index is 12.7. The predicted octanol–water partition coefficient (Wildman–Crippen LogP) is 1.71. The largest absolute Gasteiger partial charge is 0.463 e. The van der Waals surface area contributed by atoms with Crippen LogP contribution in [0, 0.1) is 0 Å². The molecule has 0 fully saturated rings. The Morgan fingerprint density at radius 2 is 2.19 bits per heavy atom. The average Bonchev–Trinajstić information content (AvgIpc) is 3.10. The lowest BCUT2D eigenvalue weighted by atomic mass is 10.1. The van der Waals surface area contributed by atoms with Gasteiger partial charge in [-0.15, -0.1) is 0 Å². The van der Waals surface area contributed by atoms with Crippen molar-refractivity contribution in [3.63, 3.8) is 0 Å². The first-order valence-electron chi connectivity index (χ1n) is 7.43. The summed E-state index contributed by atoms with van der Waals surface area (Å²) in [6.07, 6.45) is 2.60. The molecule has 4 heteroatoms. The van der Waals surface area contributed by atoms with Gasteiger partial charge in [0.05, 0.1) is 6.26 Å². The summed E-state index contributed by atoms with van der Waals surface area (Å²) >= 11 is 0. The smallest absolute Gasteiger partial charge is 0.285 e. The molecule has 2 atom stereocenters. The summed E-state index contributed by atoms with van der Waals surface area (Å²) in [5.74, 6) is 1.06. The molecule has 0 saturated carbocycles. The summed E-state index contributed by atoms with van der Waals surface area (Å²) in [5, 5.41) is 2.02. The molecule has 4 nitrogen and oxygen atoms in total. The van der Waals surface area contributed by atoms with Gasteiger partial charge in [0.1, 0.15) is 6.54 Å². The third-order valence-corrected chi connectivity index (χ3v) is 4.09. The van der Waals surface area contributed by atoms with E-state index in [2.05, 4.69) is 13.0 Å². The number of anilines is 1. The summed E-state index contributed by atoms with van der Waals surface area (Å²) in [5.41, 5.74) is 2.32. The van der Waals surface area contributed by atoms with Crippen molar-refractivity contribution in [3.05, 3.63) is 54.0 Å². The topological polar surface area (TPSA) is 50.1 Å². The lowest BCUT2D eigenvalue weighted by Crippen LogP contribution is -2.90. The highest BCUT2D eigenvalue weighted by atomic mass is 16.3. The number of nitrogens with two attached hydrogens (primary N) is 1. The number of para-hydroxylation sites is 1. The molecule has 21 heavy (non-hydrogen) atoms. The minimum atomic E-state index is -0.122. The zero-order chi connectivity index (χ0) is 14.8. The van der Waals surface area contributed by atoms with Crippen molar-refractivity contribution >= 4 is 11.6 Å². The number of carbonyl (C=O) groups excluding carboxylic acids is 1. The second-order valence-corrected chi connectivity index (χ2v) is 5.70. The van der Waals surface area contributed by atoms with Gasteiger partial charge in [-0.1, -0.05) is 18.2 Å². The van der Waals surface area contributed by atoms with Crippen LogP contribution in [-0.4, -0.2) is 18.0 Å². The predicted molar refractivity (Wildman–Crippen MR) is 80.9 cm³/mol. The quantitative estimate of drug-likeness (QED) is 0.929. The molecule has 3 rings (SSSR count). The van der Waals surface area contributed by atoms with Crippen LogP contribution in [0.2, 0.25) is 0 Å². The monoisotopic (exact) mass is 285 g/mol. The first kappa shape index (κ1) is 13.9. The fourth-order valence-corrected chi connectivity index (χ4v) is 2.94. The van der Waals surface area contributed by atoms with Crippen LogP contribution in [0.15, 0.2) is 47.1 Å². The summed E-state index contributed by atoms with van der Waals surface area (Å²) in [6, 6.07) is 12.1. The van der Waals surface area contributed by atoms with Gasteiger partial charge in [0.15, 0.2) is 11.8 Å². The van der Waals surface area contributed by atoms with Crippen molar-refractivity contribution in [1.82, 2.24) is 0 Å². The Hall–Kier alpha value is -2.07. The molecule has 2 N–H and O–H groups in total. The van der Waals surface area contributed by atoms with Gasteiger partial charge in [0.25, 0.3) is 5.91 Å². The summed E-state index contributed by atoms with van der Waals surface area (Å²) in [6.45, 7) is 4.75. The number of hydrogen-bond acceptors (Lipinski definition) is 2. The number of carbonyl (C=O) groups is 1. The van der Waals surface area contributed by atoms with E-state index in [0.29, 0.717) is 6.54 Å². The third-order valence-electron chi connectivity index (χ3n) is 4.09. The Morgan fingerprint density at radius 3 is 2.95 bits per heavy atom. The van der Waals surface area contributed by atoms with Crippen LogP contribution in [0.3, 0.4) is 0 Å². The number of furan rings is 1. The molecule has 2 heterocycles. The maximum absolute atomic E-state index is 12.7. The van der Waals surface area contributed by atoms with Gasteiger partial charge in [-0.2, -0.15) is 0 Å². The zero-order valence-corrected chi connectivity index (χ0v) is 12.5. The molecule has 0 bridgehead atoms. The molecule has 110 valence electrons. The van der Waals surface area contributed by atoms with Gasteiger partial charge >= 0.3 is 0 Å². The summed E-state index contributed by atoms with van der Waals surface area (Å²) < 4.78 is 5.31. The molecule has 1 aromatic heterocycles. The number of benzene rings is 1. The van der Waals surface area contributed by atoms with Gasteiger partial charge < -0.3 is 14.6 Å². The van der Waals surface area contributed by atoms with Crippen molar-refractivity contribution in [2.45, 2.75) is 38.9 Å². The molecule has 0 radical (unpaired) electrons. The molecule has 0 saturated heterocycles. The van der Waals surface area contributed by atoms with Crippen molar-refractivity contribution in [2.24, 2.45) is 0 Å². The van der Waals surface area contributed by atoms with Gasteiger partial charge in [-0.05, 0) is 44.0 Å². The minimum Gasteiger partial charge on any atom is -0.463 e. The van der Waals surface area contributed by atoms with Gasteiger partial charge in [0.2, 0.25) is 0 Å². The Bertz CT molecular complexity index is 621. The minimum absolute atomic E-state index is 0.122. The average molecular weight is 285 g/mol. The van der Waals surface area contributed by atoms with Crippen LogP contribution in [0.1, 0.15) is 25.2 Å². The van der Waals surface area contributed by atoms with E-state index < -0.39 is 0 Å². The standard InChI is InChI=1S/C17H20N2O2/c1-12-10-14-6-3-4-8-16(14)19(12)17(20)13(2)18-11-15-7-5-9-21-15/h3-9,12-13,18H,10-11H2,1-2H3/p+1/t12-,13+/m1/s1. The van der Waals surface area contributed by atoms with Crippen LogP contribution in [0.4, 0.5) is 5.69 Å². The molecule has 1 aliphatic heterocycles. The Labute approximate surface area is 124 Å². The molecule has 0 aliphatic carbocycles. The van der Waals surface area contributed by atoms with Gasteiger partial charge in [0, 0.05) is 11.7 Å². The molecule has 0 spiro atoms. The Kier molecular flexibility index (Phi) is 3.80. The van der Waals surface area contributed by atoms with Crippen LogP contribution < -0.4 is 10.2 Å². The molecule has 1 amide bonds. The maximum Gasteiger partial charge on any atom is 0.285 e. The second kappa shape index (κ2) is 5.74. The highest BCUT2D eigenvalue weighted by Crippen LogP contribution is 2.31. The van der Waals surface area contributed by atoms with Crippen LogP contribution >= 0.6 is 0 Å². The van der Waals surface area contributed by atoms with Crippen LogP contribution in [0.25, 0.3) is 0 Å². The third kappa shape index (κ3) is 2.72. The van der Waals surface area contributed by atoms with Crippen molar-refractivity contribution < 1.29 is 14.5 Å². The van der Waals surface area contributed by atoms with E-state index in [9.17, 15) is 4.79 Å². The second-order valence-electron chi connectivity index (χ2n) is 5.70. The summed E-state index contributed by atoms with van der Waals surface area (Å²) in [7, 11) is 0. The number of fused-ring (bicyclic) bond motifs is 1. The zero-order valence-electron chi connectivity index (χ0n) is 12.5. The summed E-state index contributed by atoms with van der Waals surface area (Å²) in [4.78, 5) is 14.7. The van der Waals surface area contributed by atoms with Crippen molar-refractivity contribution in [3.8, 4) is 0 Å². The van der Waals surface area contributed by atoms with Gasteiger partial charge in [-0.25, -0.2) is 0 Å². The van der Waals surface area contributed by atoms with Crippen LogP contribution in [0.5, 0.6) is 0 Å². The Morgan fingerprint density at radius 1 is 1.38 bits per heavy atom. The normalized spacial score (nSPS) is 18.6. The first-order valence-corrected chi connectivity index (χ1v) is 7.43. The number of rotatable bonds is 4. The van der Waals surface area contributed by atoms with E-state index in [-0.39, 0.29) is 18.0 Å². The fourth-order valence-electron chi connectivity index (χ4n) is 2.94. The molecule has 1 aliphatic rings. The highest BCUT2D eigenvalue weighted by molar-refractivity contribution is 5.98. The van der Waals surface area contributed by atoms with Crippen LogP contribution in [-0.2, 0) is 17.8 Å². The SMILES string of the molecule is C[C@H]([NH2+]Cc1ccco1)C(=O)N1c2ccccc2C[C@H]1C. The van der Waals surface area contributed by atoms with Gasteiger partial charge in [-0.3, -0.25) is 4.79 Å².